The van der Waals surface area contributed by atoms with E-state index in [-0.39, 0.29) is 0 Å². The first-order valence-electron chi connectivity index (χ1n) is 6.84. The lowest BCUT2D eigenvalue weighted by Gasteiger charge is -2.03. The van der Waals surface area contributed by atoms with E-state index in [0.717, 1.165) is 0 Å². The third-order valence-electron chi connectivity index (χ3n) is 2.35. The van der Waals surface area contributed by atoms with Crippen LogP contribution in [-0.4, -0.2) is 0 Å². The largest absolute Gasteiger partial charge is 0.0985 e. The number of hydrogen-bond donors (Lipinski definition) is 0. The van der Waals surface area contributed by atoms with Crippen molar-refractivity contribution in [3.8, 4) is 0 Å². The van der Waals surface area contributed by atoms with Crippen molar-refractivity contribution in [3.05, 3.63) is 54.1 Å². The highest BCUT2D eigenvalue weighted by atomic mass is 14.0. The van der Waals surface area contributed by atoms with Gasteiger partial charge in [0.05, 0.1) is 0 Å². The van der Waals surface area contributed by atoms with Crippen LogP contribution in [-0.2, 0) is 0 Å². The molecule has 0 radical (unpaired) electrons. The van der Waals surface area contributed by atoms with Gasteiger partial charge in [0.25, 0.3) is 0 Å². The van der Waals surface area contributed by atoms with Crippen molar-refractivity contribution in [2.24, 2.45) is 0 Å². The molecule has 98 valence electrons. The molecule has 0 nitrogen and oxygen atoms in total. The summed E-state index contributed by atoms with van der Waals surface area (Å²) in [5.74, 6) is 0. The molecule has 0 N–H and O–H groups in total. The van der Waals surface area contributed by atoms with Crippen LogP contribution in [0.2, 0.25) is 0 Å². The highest BCUT2D eigenvalue weighted by Crippen LogP contribution is 2.19. The van der Waals surface area contributed by atoms with Crippen molar-refractivity contribution >= 4 is 16.8 Å². The number of aryl methyl sites for hydroxylation is 1. The van der Waals surface area contributed by atoms with Crippen molar-refractivity contribution in [3.63, 3.8) is 0 Å². The van der Waals surface area contributed by atoms with E-state index in [9.17, 15) is 0 Å². The molecule has 2 aromatic rings. The highest BCUT2D eigenvalue weighted by Gasteiger charge is 1.96. The quantitative estimate of drug-likeness (QED) is 0.555. The first-order valence-corrected chi connectivity index (χ1v) is 6.84. The van der Waals surface area contributed by atoms with Crippen molar-refractivity contribution in [2.45, 2.75) is 41.0 Å². The van der Waals surface area contributed by atoms with Crippen molar-refractivity contribution in [1.29, 1.82) is 0 Å². The molecule has 0 aliphatic carbocycles. The van der Waals surface area contributed by atoms with Crippen LogP contribution in [0.1, 0.15) is 45.2 Å². The Morgan fingerprint density at radius 3 is 1.89 bits per heavy atom. The van der Waals surface area contributed by atoms with Crippen LogP contribution in [0.3, 0.4) is 0 Å². The minimum absolute atomic E-state index is 1.22. The zero-order valence-electron chi connectivity index (χ0n) is 12.5. The summed E-state index contributed by atoms with van der Waals surface area (Å²) in [4.78, 5) is 0. The normalized spacial score (nSPS) is 8.72. The van der Waals surface area contributed by atoms with E-state index in [1.54, 1.807) is 0 Å². The molecule has 18 heavy (non-hydrogen) atoms. The van der Waals surface area contributed by atoms with Crippen LogP contribution < -0.4 is 0 Å². The molecular formula is C18H26. The summed E-state index contributed by atoms with van der Waals surface area (Å²) < 4.78 is 0. The first kappa shape index (κ1) is 16.4. The second-order valence-corrected chi connectivity index (χ2v) is 3.97. The molecule has 0 bridgehead atoms. The summed E-state index contributed by atoms with van der Waals surface area (Å²) >= 11 is 0. The lowest BCUT2D eigenvalue weighted by Crippen LogP contribution is -1.81. The maximum absolute atomic E-state index is 3.80. The molecule has 0 aliphatic heterocycles. The lowest BCUT2D eigenvalue weighted by atomic mass is 10.0. The van der Waals surface area contributed by atoms with Gasteiger partial charge >= 0.3 is 0 Å². The van der Waals surface area contributed by atoms with Gasteiger partial charge in [0.1, 0.15) is 0 Å². The maximum atomic E-state index is 3.80. The third-order valence-corrected chi connectivity index (χ3v) is 2.35. The lowest BCUT2D eigenvalue weighted by molar-refractivity contribution is 1.09. The van der Waals surface area contributed by atoms with Crippen molar-refractivity contribution in [1.82, 2.24) is 0 Å². The van der Waals surface area contributed by atoms with Gasteiger partial charge in [0.2, 0.25) is 0 Å². The van der Waals surface area contributed by atoms with Crippen molar-refractivity contribution < 1.29 is 0 Å². The molecule has 0 saturated carbocycles. The molecule has 0 spiro atoms. The van der Waals surface area contributed by atoms with E-state index in [1.165, 1.54) is 28.3 Å². The Morgan fingerprint density at radius 2 is 1.44 bits per heavy atom. The van der Waals surface area contributed by atoms with Gasteiger partial charge in [0.15, 0.2) is 0 Å². The summed E-state index contributed by atoms with van der Waals surface area (Å²) in [6, 6.07) is 12.8. The zero-order valence-corrected chi connectivity index (χ0v) is 12.5. The first-order chi connectivity index (χ1) is 8.72. The van der Waals surface area contributed by atoms with Gasteiger partial charge in [0, 0.05) is 0 Å². The van der Waals surface area contributed by atoms with Crippen LogP contribution in [0.15, 0.2) is 43.0 Å². The Bertz CT molecular complexity index is 466. The second kappa shape index (κ2) is 9.47. The van der Waals surface area contributed by atoms with Gasteiger partial charge in [-0.1, -0.05) is 77.1 Å². The molecule has 0 unspecified atom stereocenters. The summed E-state index contributed by atoms with van der Waals surface area (Å²) in [5, 5.41) is 2.58. The smallest absolute Gasteiger partial charge is 0.0178 e. The molecular weight excluding hydrogens is 216 g/mol. The number of benzene rings is 2. The monoisotopic (exact) mass is 242 g/mol. The Kier molecular flexibility index (Phi) is 8.65. The average Bonchev–Trinajstić information content (AvgIpc) is 2.41. The predicted molar refractivity (Wildman–Crippen MR) is 86.1 cm³/mol. The van der Waals surface area contributed by atoms with Gasteiger partial charge in [-0.25, -0.2) is 0 Å². The van der Waals surface area contributed by atoms with E-state index in [4.69, 9.17) is 0 Å². The fourth-order valence-electron chi connectivity index (χ4n) is 1.59. The molecule has 0 aliphatic rings. The molecule has 0 saturated heterocycles. The Morgan fingerprint density at radius 1 is 1.00 bits per heavy atom. The second-order valence-electron chi connectivity index (χ2n) is 3.97. The molecule has 0 amide bonds. The molecule has 0 heteroatoms. The van der Waals surface area contributed by atoms with Crippen LogP contribution in [0.25, 0.3) is 16.8 Å². The number of hydrogen-bond acceptors (Lipinski definition) is 0. The Balaban J connectivity index is 0.000000509. The third kappa shape index (κ3) is 4.75. The molecule has 0 atom stereocenters. The molecule has 2 rings (SSSR count). The molecule has 0 aromatic heterocycles. The van der Waals surface area contributed by atoms with Gasteiger partial charge < -0.3 is 0 Å². The van der Waals surface area contributed by atoms with Crippen LogP contribution >= 0.6 is 0 Å². The summed E-state index contributed by atoms with van der Waals surface area (Å²) in [5.41, 5.74) is 2.51. The summed E-state index contributed by atoms with van der Waals surface area (Å²) in [6.45, 7) is 14.2. The van der Waals surface area contributed by atoms with Crippen LogP contribution in [0.5, 0.6) is 0 Å². The topological polar surface area (TPSA) is 0 Å². The standard InChI is InChI=1S/C13H12.C3H8.C2H6/c1-3-11-9-13-7-5-4-6-12(13)8-10(11)2;1-3-2;1-2/h3-9H,1H2,2H3;3H2,1-2H3;1-2H3. The van der Waals surface area contributed by atoms with E-state index in [2.05, 4.69) is 63.7 Å². The van der Waals surface area contributed by atoms with Crippen molar-refractivity contribution in [2.75, 3.05) is 0 Å². The predicted octanol–water partition coefficient (Wildman–Crippen LogP) is 6.23. The van der Waals surface area contributed by atoms with Gasteiger partial charge in [-0.3, -0.25) is 0 Å². The average molecular weight is 242 g/mol. The fourth-order valence-corrected chi connectivity index (χ4v) is 1.59. The van der Waals surface area contributed by atoms with E-state index < -0.39 is 0 Å². The molecule has 2 aromatic carbocycles. The Hall–Kier alpha value is -1.56. The SMILES string of the molecule is C=Cc1cc2ccccc2cc1C.CC.CCC. The van der Waals surface area contributed by atoms with Gasteiger partial charge in [-0.2, -0.15) is 0 Å². The summed E-state index contributed by atoms with van der Waals surface area (Å²) in [7, 11) is 0. The molecule has 0 fully saturated rings. The summed E-state index contributed by atoms with van der Waals surface area (Å²) in [6.07, 6.45) is 3.15. The van der Waals surface area contributed by atoms with Gasteiger partial charge in [-0.05, 0) is 34.9 Å². The Labute approximate surface area is 112 Å². The van der Waals surface area contributed by atoms with E-state index in [0.29, 0.717) is 0 Å². The molecule has 0 heterocycles. The van der Waals surface area contributed by atoms with Crippen LogP contribution in [0, 0.1) is 6.92 Å². The fraction of sp³-hybridized carbons (Fsp3) is 0.333. The maximum Gasteiger partial charge on any atom is -0.0178 e. The zero-order chi connectivity index (χ0) is 14.0. The number of fused-ring (bicyclic) bond motifs is 1. The van der Waals surface area contributed by atoms with Crippen LogP contribution in [0.4, 0.5) is 0 Å². The minimum atomic E-state index is 1.22. The van der Waals surface area contributed by atoms with E-state index in [1.807, 2.05) is 19.9 Å². The minimum Gasteiger partial charge on any atom is -0.0985 e. The van der Waals surface area contributed by atoms with Gasteiger partial charge in [-0.15, -0.1) is 0 Å². The van der Waals surface area contributed by atoms with E-state index >= 15 is 0 Å². The number of rotatable bonds is 1. The highest BCUT2D eigenvalue weighted by molar-refractivity contribution is 5.85.